The number of furan rings is 1. The van der Waals surface area contributed by atoms with E-state index in [9.17, 15) is 14.0 Å². The predicted molar refractivity (Wildman–Crippen MR) is 84.1 cm³/mol. The Morgan fingerprint density at radius 1 is 1.17 bits per heavy atom. The molecule has 2 amide bonds. The summed E-state index contributed by atoms with van der Waals surface area (Å²) in [4.78, 5) is 23.8. The third-order valence-electron chi connectivity index (χ3n) is 2.89. The maximum Gasteiger partial charge on any atom is 0.287 e. The van der Waals surface area contributed by atoms with Gasteiger partial charge in [-0.05, 0) is 30.3 Å². The third-order valence-corrected chi connectivity index (χ3v) is 3.81. The van der Waals surface area contributed by atoms with Gasteiger partial charge in [-0.15, -0.1) is 10.2 Å². The van der Waals surface area contributed by atoms with Gasteiger partial charge in [-0.1, -0.05) is 17.4 Å². The van der Waals surface area contributed by atoms with Crippen LogP contribution < -0.4 is 10.6 Å². The van der Waals surface area contributed by atoms with Crippen LogP contribution in [0.25, 0.3) is 0 Å². The number of nitrogens with one attached hydrogen (secondary N) is 2. The Bertz CT molecular complexity index is 863. The predicted octanol–water partition coefficient (Wildman–Crippen LogP) is 2.45. The highest BCUT2D eigenvalue weighted by Crippen LogP contribution is 2.14. The summed E-state index contributed by atoms with van der Waals surface area (Å²) < 4.78 is 18.1. The van der Waals surface area contributed by atoms with Crippen molar-refractivity contribution in [3.63, 3.8) is 0 Å². The van der Waals surface area contributed by atoms with E-state index in [1.54, 1.807) is 12.1 Å². The summed E-state index contributed by atoms with van der Waals surface area (Å²) >= 11 is 1.03. The van der Waals surface area contributed by atoms with E-state index in [0.717, 1.165) is 11.3 Å². The molecule has 0 saturated heterocycles. The Morgan fingerprint density at radius 3 is 2.79 bits per heavy atom. The summed E-state index contributed by atoms with van der Waals surface area (Å²) in [6.07, 6.45) is 1.40. The molecule has 0 saturated carbocycles. The molecule has 2 heterocycles. The molecule has 9 heteroatoms. The number of aromatic nitrogens is 2. The molecule has 24 heavy (non-hydrogen) atoms. The Labute approximate surface area is 139 Å². The standard InChI is InChI=1S/C15H11FN4O3S/c16-9-3-1-4-10(7-9)18-14(22)15-20-19-12(24-15)8-17-13(21)11-5-2-6-23-11/h1-7H,8H2,(H,17,21)(H,18,22). The van der Waals surface area contributed by atoms with Crippen molar-refractivity contribution in [3.05, 3.63) is 64.3 Å². The summed E-state index contributed by atoms with van der Waals surface area (Å²) in [6, 6.07) is 8.67. The average Bonchev–Trinajstić information content (AvgIpc) is 3.24. The normalized spacial score (nSPS) is 10.4. The first kappa shape index (κ1) is 15.8. The molecule has 122 valence electrons. The molecule has 0 bridgehead atoms. The summed E-state index contributed by atoms with van der Waals surface area (Å²) in [7, 11) is 0. The van der Waals surface area contributed by atoms with E-state index in [1.165, 1.54) is 30.5 Å². The summed E-state index contributed by atoms with van der Waals surface area (Å²) in [6.45, 7) is 0.116. The van der Waals surface area contributed by atoms with Gasteiger partial charge in [0, 0.05) is 5.69 Å². The largest absolute Gasteiger partial charge is 0.459 e. The lowest BCUT2D eigenvalue weighted by molar-refractivity contribution is 0.0922. The minimum absolute atomic E-state index is 0.113. The van der Waals surface area contributed by atoms with Crippen molar-refractivity contribution in [2.24, 2.45) is 0 Å². The van der Waals surface area contributed by atoms with Crippen LogP contribution in [0, 0.1) is 5.82 Å². The molecule has 0 aliphatic rings. The first-order chi connectivity index (χ1) is 11.6. The van der Waals surface area contributed by atoms with Gasteiger partial charge in [0.25, 0.3) is 11.8 Å². The molecule has 3 rings (SSSR count). The van der Waals surface area contributed by atoms with E-state index in [0.29, 0.717) is 10.7 Å². The maximum atomic E-state index is 13.1. The number of amides is 2. The number of nitrogens with zero attached hydrogens (tertiary/aromatic N) is 2. The summed E-state index contributed by atoms with van der Waals surface area (Å²) in [5, 5.41) is 13.3. The second-order valence-corrected chi connectivity index (χ2v) is 5.69. The summed E-state index contributed by atoms with van der Waals surface area (Å²) in [5.74, 6) is -1.15. The molecular weight excluding hydrogens is 335 g/mol. The monoisotopic (exact) mass is 346 g/mol. The molecule has 0 atom stereocenters. The quantitative estimate of drug-likeness (QED) is 0.740. The van der Waals surface area contributed by atoms with Crippen LogP contribution in [0.15, 0.2) is 47.1 Å². The number of benzene rings is 1. The molecule has 0 unspecified atom stereocenters. The van der Waals surface area contributed by atoms with Crippen LogP contribution in [0.5, 0.6) is 0 Å². The molecule has 0 spiro atoms. The van der Waals surface area contributed by atoms with Crippen LogP contribution in [-0.4, -0.2) is 22.0 Å². The number of carbonyl (C=O) groups excluding carboxylic acids is 2. The number of hydrogen-bond acceptors (Lipinski definition) is 6. The van der Waals surface area contributed by atoms with Crippen LogP contribution in [0.1, 0.15) is 25.4 Å². The Morgan fingerprint density at radius 2 is 2.04 bits per heavy atom. The number of carbonyl (C=O) groups is 2. The SMILES string of the molecule is O=C(NCc1nnc(C(=O)Nc2cccc(F)c2)s1)c1ccco1. The molecule has 7 nitrogen and oxygen atoms in total. The van der Waals surface area contributed by atoms with Gasteiger partial charge in [0.2, 0.25) is 5.01 Å². The molecule has 0 aliphatic carbocycles. The zero-order valence-electron chi connectivity index (χ0n) is 12.2. The lowest BCUT2D eigenvalue weighted by Gasteiger charge is -2.01. The molecular formula is C15H11FN4O3S. The van der Waals surface area contributed by atoms with E-state index in [4.69, 9.17) is 4.42 Å². The Kier molecular flexibility index (Phi) is 4.62. The fourth-order valence-corrected chi connectivity index (χ4v) is 2.49. The van der Waals surface area contributed by atoms with Gasteiger partial charge >= 0.3 is 0 Å². The van der Waals surface area contributed by atoms with Gasteiger partial charge in [0.05, 0.1) is 12.8 Å². The van der Waals surface area contributed by atoms with Gasteiger partial charge < -0.3 is 15.1 Å². The van der Waals surface area contributed by atoms with Crippen LogP contribution >= 0.6 is 11.3 Å². The van der Waals surface area contributed by atoms with Crippen molar-refractivity contribution in [2.45, 2.75) is 6.54 Å². The van der Waals surface area contributed by atoms with Crippen molar-refractivity contribution in [3.8, 4) is 0 Å². The molecule has 1 aromatic carbocycles. The van der Waals surface area contributed by atoms with Crippen molar-refractivity contribution in [2.75, 3.05) is 5.32 Å². The molecule has 0 aliphatic heterocycles. The molecule has 3 aromatic rings. The highest BCUT2D eigenvalue weighted by molar-refractivity contribution is 7.13. The molecule has 0 radical (unpaired) electrons. The lowest BCUT2D eigenvalue weighted by Crippen LogP contribution is -2.22. The maximum absolute atomic E-state index is 13.1. The first-order valence-corrected chi connectivity index (χ1v) is 7.64. The van der Waals surface area contributed by atoms with E-state index >= 15 is 0 Å². The van der Waals surface area contributed by atoms with Crippen LogP contribution in [0.3, 0.4) is 0 Å². The Hall–Kier alpha value is -3.07. The van der Waals surface area contributed by atoms with Gasteiger partial charge in [0.1, 0.15) is 10.8 Å². The van der Waals surface area contributed by atoms with E-state index in [2.05, 4.69) is 20.8 Å². The van der Waals surface area contributed by atoms with Crippen LogP contribution in [-0.2, 0) is 6.54 Å². The molecule has 0 fully saturated rings. The highest BCUT2D eigenvalue weighted by atomic mass is 32.1. The number of halogens is 1. The topological polar surface area (TPSA) is 97.1 Å². The number of hydrogen-bond donors (Lipinski definition) is 2. The minimum atomic E-state index is -0.498. The van der Waals surface area contributed by atoms with E-state index in [1.807, 2.05) is 0 Å². The van der Waals surface area contributed by atoms with Crippen molar-refractivity contribution >= 4 is 28.8 Å². The van der Waals surface area contributed by atoms with E-state index in [-0.39, 0.29) is 23.2 Å². The number of anilines is 1. The zero-order chi connectivity index (χ0) is 16.9. The third kappa shape index (κ3) is 3.82. The number of rotatable bonds is 5. The lowest BCUT2D eigenvalue weighted by atomic mass is 10.3. The second kappa shape index (κ2) is 7.01. The highest BCUT2D eigenvalue weighted by Gasteiger charge is 2.15. The van der Waals surface area contributed by atoms with E-state index < -0.39 is 11.7 Å². The Balaban J connectivity index is 1.58. The van der Waals surface area contributed by atoms with Crippen molar-refractivity contribution in [1.29, 1.82) is 0 Å². The fraction of sp³-hybridized carbons (Fsp3) is 0.0667. The van der Waals surface area contributed by atoms with Gasteiger partial charge in [-0.3, -0.25) is 9.59 Å². The second-order valence-electron chi connectivity index (χ2n) is 4.63. The van der Waals surface area contributed by atoms with Crippen LogP contribution in [0.2, 0.25) is 0 Å². The van der Waals surface area contributed by atoms with Gasteiger partial charge in [-0.25, -0.2) is 4.39 Å². The zero-order valence-corrected chi connectivity index (χ0v) is 13.0. The molecule has 2 aromatic heterocycles. The van der Waals surface area contributed by atoms with Gasteiger partial charge in [0.15, 0.2) is 5.76 Å². The van der Waals surface area contributed by atoms with Gasteiger partial charge in [-0.2, -0.15) is 0 Å². The van der Waals surface area contributed by atoms with Crippen molar-refractivity contribution in [1.82, 2.24) is 15.5 Å². The van der Waals surface area contributed by atoms with Crippen molar-refractivity contribution < 1.29 is 18.4 Å². The fourth-order valence-electron chi connectivity index (χ4n) is 1.82. The average molecular weight is 346 g/mol. The molecule has 2 N–H and O–H groups in total. The van der Waals surface area contributed by atoms with Crippen LogP contribution in [0.4, 0.5) is 10.1 Å². The summed E-state index contributed by atoms with van der Waals surface area (Å²) in [5.41, 5.74) is 0.322. The smallest absolute Gasteiger partial charge is 0.287 e. The first-order valence-electron chi connectivity index (χ1n) is 6.83. The minimum Gasteiger partial charge on any atom is -0.459 e.